The first-order valence-electron chi connectivity index (χ1n) is 11.7. The maximum Gasteiger partial charge on any atom is 0.387 e. The van der Waals surface area contributed by atoms with E-state index in [0.29, 0.717) is 17.4 Å². The van der Waals surface area contributed by atoms with Crippen LogP contribution in [0.1, 0.15) is 17.0 Å². The number of rotatable bonds is 7. The fourth-order valence-corrected chi connectivity index (χ4v) is 4.30. The predicted molar refractivity (Wildman–Crippen MR) is 145 cm³/mol. The topological polar surface area (TPSA) is 46.1 Å². The molecule has 186 valence electrons. The number of nitrogens with zero attached hydrogens (tertiary/aromatic N) is 2. The third-order valence-electron chi connectivity index (χ3n) is 5.81. The second kappa shape index (κ2) is 11.2. The van der Waals surface area contributed by atoms with Crippen LogP contribution in [0.3, 0.4) is 0 Å². The molecule has 0 amide bonds. The van der Waals surface area contributed by atoms with Gasteiger partial charge in [-0.25, -0.2) is 5.01 Å². The molecule has 1 heterocycles. The predicted octanol–water partition coefficient (Wildman–Crippen LogP) is 7.28. The SMILES string of the molecule is FC(F)Oc1ccc(C2=NN(C(=S)Nc3ccc(Oc4ccccc4)cc3)CC2c2ccccc2)cc1. The number of anilines is 1. The van der Waals surface area contributed by atoms with Gasteiger partial charge in [-0.1, -0.05) is 48.5 Å². The summed E-state index contributed by atoms with van der Waals surface area (Å²) >= 11 is 5.68. The average molecular weight is 516 g/mol. The van der Waals surface area contributed by atoms with Crippen LogP contribution in [0.4, 0.5) is 14.5 Å². The van der Waals surface area contributed by atoms with Gasteiger partial charge in [0.2, 0.25) is 0 Å². The summed E-state index contributed by atoms with van der Waals surface area (Å²) in [6.45, 7) is -2.33. The van der Waals surface area contributed by atoms with E-state index >= 15 is 0 Å². The number of thiocarbonyl (C=S) groups is 1. The second-order valence-electron chi connectivity index (χ2n) is 8.30. The Morgan fingerprint density at radius 3 is 2.05 bits per heavy atom. The molecule has 5 rings (SSSR count). The molecular weight excluding hydrogens is 492 g/mol. The van der Waals surface area contributed by atoms with Gasteiger partial charge >= 0.3 is 6.61 Å². The molecule has 4 aromatic rings. The van der Waals surface area contributed by atoms with E-state index in [0.717, 1.165) is 28.3 Å². The molecule has 1 aliphatic heterocycles. The molecular formula is C29H23F2N3O2S. The van der Waals surface area contributed by atoms with Crippen molar-refractivity contribution in [2.24, 2.45) is 5.10 Å². The first-order valence-corrected chi connectivity index (χ1v) is 12.1. The number of alkyl halides is 2. The fraction of sp³-hybridized carbons (Fsp3) is 0.103. The highest BCUT2D eigenvalue weighted by Gasteiger charge is 2.31. The minimum absolute atomic E-state index is 0.0514. The van der Waals surface area contributed by atoms with Crippen LogP contribution in [0, 0.1) is 0 Å². The lowest BCUT2D eigenvalue weighted by atomic mass is 9.90. The molecule has 4 aromatic carbocycles. The minimum atomic E-state index is -2.87. The lowest BCUT2D eigenvalue weighted by Crippen LogP contribution is -2.30. The van der Waals surface area contributed by atoms with Gasteiger partial charge in [-0.2, -0.15) is 13.9 Å². The van der Waals surface area contributed by atoms with Gasteiger partial charge in [0.1, 0.15) is 17.2 Å². The van der Waals surface area contributed by atoms with Crippen LogP contribution in [0.25, 0.3) is 0 Å². The first-order chi connectivity index (χ1) is 18.0. The Kier molecular flexibility index (Phi) is 7.37. The molecule has 1 N–H and O–H groups in total. The zero-order chi connectivity index (χ0) is 25.6. The number of hydrogen-bond donors (Lipinski definition) is 1. The molecule has 0 radical (unpaired) electrons. The maximum absolute atomic E-state index is 12.6. The molecule has 0 aliphatic carbocycles. The molecule has 37 heavy (non-hydrogen) atoms. The van der Waals surface area contributed by atoms with Crippen molar-refractivity contribution in [3.63, 3.8) is 0 Å². The van der Waals surface area contributed by atoms with Crippen LogP contribution in [-0.2, 0) is 0 Å². The first kappa shape index (κ1) is 24.4. The third-order valence-corrected chi connectivity index (χ3v) is 6.12. The van der Waals surface area contributed by atoms with E-state index < -0.39 is 6.61 Å². The summed E-state index contributed by atoms with van der Waals surface area (Å²) < 4.78 is 35.5. The highest BCUT2D eigenvalue weighted by molar-refractivity contribution is 7.80. The maximum atomic E-state index is 12.6. The fourth-order valence-electron chi connectivity index (χ4n) is 4.06. The van der Waals surface area contributed by atoms with E-state index in [4.69, 9.17) is 22.1 Å². The summed E-state index contributed by atoms with van der Waals surface area (Å²) in [4.78, 5) is 0. The van der Waals surface area contributed by atoms with Gasteiger partial charge in [-0.05, 0) is 84.0 Å². The molecule has 0 fully saturated rings. The number of hydrogen-bond acceptors (Lipinski definition) is 4. The molecule has 1 unspecified atom stereocenters. The zero-order valence-corrected chi connectivity index (χ0v) is 20.4. The van der Waals surface area contributed by atoms with Crippen LogP contribution in [0.15, 0.2) is 114 Å². The Morgan fingerprint density at radius 1 is 0.811 bits per heavy atom. The van der Waals surface area contributed by atoms with E-state index in [1.165, 1.54) is 12.1 Å². The van der Waals surface area contributed by atoms with Crippen LogP contribution in [0.2, 0.25) is 0 Å². The second-order valence-corrected chi connectivity index (χ2v) is 8.69. The van der Waals surface area contributed by atoms with Gasteiger partial charge in [-0.3, -0.25) is 0 Å². The zero-order valence-electron chi connectivity index (χ0n) is 19.6. The minimum Gasteiger partial charge on any atom is -0.457 e. The van der Waals surface area contributed by atoms with Crippen LogP contribution >= 0.6 is 12.2 Å². The van der Waals surface area contributed by atoms with Crippen molar-refractivity contribution in [2.45, 2.75) is 12.5 Å². The van der Waals surface area contributed by atoms with Crippen molar-refractivity contribution in [2.75, 3.05) is 11.9 Å². The molecule has 1 aliphatic rings. The van der Waals surface area contributed by atoms with E-state index in [1.54, 1.807) is 17.1 Å². The molecule has 0 bridgehead atoms. The molecule has 0 saturated heterocycles. The summed E-state index contributed by atoms with van der Waals surface area (Å²) in [5.74, 6) is 1.53. The van der Waals surface area contributed by atoms with Crippen LogP contribution in [-0.4, -0.2) is 29.0 Å². The number of para-hydroxylation sites is 1. The van der Waals surface area contributed by atoms with Gasteiger partial charge in [0, 0.05) is 11.6 Å². The summed E-state index contributed by atoms with van der Waals surface area (Å²) in [5, 5.41) is 10.2. The monoisotopic (exact) mass is 515 g/mol. The summed E-state index contributed by atoms with van der Waals surface area (Å²) in [6, 6.07) is 33.6. The van der Waals surface area contributed by atoms with Gasteiger partial charge in [0.15, 0.2) is 5.11 Å². The Hall–Kier alpha value is -4.30. The normalized spacial score (nSPS) is 14.8. The summed E-state index contributed by atoms with van der Waals surface area (Å²) in [5.41, 5.74) is 3.49. The molecule has 0 spiro atoms. The van der Waals surface area contributed by atoms with E-state index in [2.05, 4.69) is 10.1 Å². The lowest BCUT2D eigenvalue weighted by molar-refractivity contribution is -0.0498. The third kappa shape index (κ3) is 6.10. The molecule has 1 atom stereocenters. The highest BCUT2D eigenvalue weighted by Crippen LogP contribution is 2.30. The molecule has 0 aromatic heterocycles. The van der Waals surface area contributed by atoms with Crippen molar-refractivity contribution < 1.29 is 18.3 Å². The Morgan fingerprint density at radius 2 is 1.41 bits per heavy atom. The standard InChI is InChI=1S/C29H23F2N3O2S/c30-28(31)36-25-15-11-21(12-16-25)27-26(20-7-3-1-4-8-20)19-34(33-27)29(37)32-22-13-17-24(18-14-22)35-23-9-5-2-6-10-23/h1-18,26,28H,19H2,(H,32,37). The van der Waals surface area contributed by atoms with Gasteiger partial charge in [0.05, 0.1) is 12.3 Å². The van der Waals surface area contributed by atoms with Crippen molar-refractivity contribution in [1.29, 1.82) is 0 Å². The number of benzene rings is 4. The highest BCUT2D eigenvalue weighted by atomic mass is 32.1. The Balaban J connectivity index is 1.32. The lowest BCUT2D eigenvalue weighted by Gasteiger charge is -2.18. The van der Waals surface area contributed by atoms with Gasteiger partial charge in [0.25, 0.3) is 0 Å². The van der Waals surface area contributed by atoms with E-state index in [1.807, 2.05) is 84.9 Å². The number of ether oxygens (including phenoxy) is 2. The van der Waals surface area contributed by atoms with Crippen molar-refractivity contribution in [3.8, 4) is 17.2 Å². The van der Waals surface area contributed by atoms with Crippen LogP contribution in [0.5, 0.6) is 17.2 Å². The van der Waals surface area contributed by atoms with Crippen molar-refractivity contribution in [3.05, 3.63) is 120 Å². The molecule has 0 saturated carbocycles. The van der Waals surface area contributed by atoms with Gasteiger partial charge in [-0.15, -0.1) is 0 Å². The Bertz CT molecular complexity index is 1370. The van der Waals surface area contributed by atoms with E-state index in [-0.39, 0.29) is 11.7 Å². The largest absolute Gasteiger partial charge is 0.457 e. The Labute approximate surface area is 219 Å². The number of halogens is 2. The summed E-state index contributed by atoms with van der Waals surface area (Å²) in [7, 11) is 0. The quantitative estimate of drug-likeness (QED) is 0.262. The van der Waals surface area contributed by atoms with Gasteiger partial charge < -0.3 is 14.8 Å². The van der Waals surface area contributed by atoms with Crippen LogP contribution < -0.4 is 14.8 Å². The number of hydrazone groups is 1. The molecule has 8 heteroatoms. The molecule has 5 nitrogen and oxygen atoms in total. The van der Waals surface area contributed by atoms with E-state index in [9.17, 15) is 8.78 Å². The number of nitrogens with one attached hydrogen (secondary N) is 1. The van der Waals surface area contributed by atoms with Crippen molar-refractivity contribution in [1.82, 2.24) is 5.01 Å². The van der Waals surface area contributed by atoms with Crippen molar-refractivity contribution >= 4 is 28.7 Å². The average Bonchev–Trinajstić information content (AvgIpc) is 3.37. The summed E-state index contributed by atoms with van der Waals surface area (Å²) in [6.07, 6.45) is 0. The smallest absolute Gasteiger partial charge is 0.387 e.